The quantitative estimate of drug-likeness (QED) is 0.500. The molecular weight excluding hydrogens is 186 g/mol. The largest absolute Gasteiger partial charge is 0.469 e. The van der Waals surface area contributed by atoms with Crippen molar-refractivity contribution in [2.24, 2.45) is 5.73 Å². The van der Waals surface area contributed by atoms with Crippen molar-refractivity contribution in [2.45, 2.75) is 18.4 Å². The molecular formula is C9H15NO4. The Balaban J connectivity index is 4.33. The molecule has 0 fully saturated rings. The molecule has 0 heterocycles. The molecule has 0 radical (unpaired) electrons. The van der Waals surface area contributed by atoms with E-state index in [4.69, 9.17) is 5.73 Å². The third-order valence-corrected chi connectivity index (χ3v) is 1.90. The number of ether oxygens (including phenoxy) is 2. The van der Waals surface area contributed by atoms with E-state index >= 15 is 0 Å². The van der Waals surface area contributed by atoms with Crippen LogP contribution in [0.1, 0.15) is 12.8 Å². The van der Waals surface area contributed by atoms with Gasteiger partial charge < -0.3 is 15.2 Å². The molecule has 0 amide bonds. The lowest BCUT2D eigenvalue weighted by Crippen LogP contribution is -2.47. The van der Waals surface area contributed by atoms with E-state index in [0.29, 0.717) is 0 Å². The zero-order chi connectivity index (χ0) is 11.2. The molecule has 5 nitrogen and oxygen atoms in total. The second-order valence-electron chi connectivity index (χ2n) is 2.81. The third-order valence-electron chi connectivity index (χ3n) is 1.90. The molecule has 0 aliphatic carbocycles. The molecule has 1 unspecified atom stereocenters. The Kier molecular flexibility index (Phi) is 4.86. The number of rotatable bonds is 5. The molecule has 0 aromatic heterocycles. The Morgan fingerprint density at radius 2 is 2.00 bits per heavy atom. The van der Waals surface area contributed by atoms with E-state index in [0.717, 1.165) is 0 Å². The monoisotopic (exact) mass is 201 g/mol. The van der Waals surface area contributed by atoms with Crippen LogP contribution in [-0.2, 0) is 19.1 Å². The summed E-state index contributed by atoms with van der Waals surface area (Å²) in [4.78, 5) is 22.0. The summed E-state index contributed by atoms with van der Waals surface area (Å²) in [5.74, 6) is -1.04. The van der Waals surface area contributed by atoms with Gasteiger partial charge in [0.15, 0.2) is 0 Å². The van der Waals surface area contributed by atoms with Gasteiger partial charge in [-0.15, -0.1) is 6.58 Å². The minimum absolute atomic E-state index is 0.0497. The summed E-state index contributed by atoms with van der Waals surface area (Å²) in [7, 11) is 2.50. The summed E-state index contributed by atoms with van der Waals surface area (Å²) in [6.45, 7) is 3.43. The van der Waals surface area contributed by atoms with Crippen molar-refractivity contribution in [3.63, 3.8) is 0 Å². The van der Waals surface area contributed by atoms with Gasteiger partial charge in [0.05, 0.1) is 14.2 Å². The minimum Gasteiger partial charge on any atom is -0.469 e. The fourth-order valence-corrected chi connectivity index (χ4v) is 0.888. The predicted octanol–water partition coefficient (Wildman–Crippen LogP) is -0.00390. The van der Waals surface area contributed by atoms with Crippen molar-refractivity contribution in [1.29, 1.82) is 0 Å². The lowest BCUT2D eigenvalue weighted by Gasteiger charge is -2.21. The van der Waals surface area contributed by atoms with Crippen LogP contribution in [0.5, 0.6) is 0 Å². The lowest BCUT2D eigenvalue weighted by molar-refractivity contribution is -0.146. The third kappa shape index (κ3) is 3.18. The van der Waals surface area contributed by atoms with E-state index in [1.165, 1.54) is 20.3 Å². The smallest absolute Gasteiger partial charge is 0.329 e. The summed E-state index contributed by atoms with van der Waals surface area (Å²) in [5, 5.41) is 0. The van der Waals surface area contributed by atoms with E-state index in [-0.39, 0.29) is 12.8 Å². The first-order valence-electron chi connectivity index (χ1n) is 4.08. The van der Waals surface area contributed by atoms with Crippen LogP contribution in [0.25, 0.3) is 0 Å². The van der Waals surface area contributed by atoms with Crippen molar-refractivity contribution in [1.82, 2.24) is 0 Å². The van der Waals surface area contributed by atoms with Crippen molar-refractivity contribution in [3.8, 4) is 0 Å². The van der Waals surface area contributed by atoms with Gasteiger partial charge in [-0.25, -0.2) is 4.79 Å². The van der Waals surface area contributed by atoms with E-state index < -0.39 is 17.5 Å². The number of esters is 2. The van der Waals surface area contributed by atoms with Crippen LogP contribution in [-0.4, -0.2) is 31.7 Å². The molecule has 0 saturated heterocycles. The molecule has 0 aromatic carbocycles. The zero-order valence-electron chi connectivity index (χ0n) is 8.41. The molecule has 14 heavy (non-hydrogen) atoms. The average Bonchev–Trinajstić information content (AvgIpc) is 2.23. The summed E-state index contributed by atoms with van der Waals surface area (Å²) in [6.07, 6.45) is 1.44. The highest BCUT2D eigenvalue weighted by Gasteiger charge is 2.32. The van der Waals surface area contributed by atoms with Crippen LogP contribution in [0.3, 0.4) is 0 Å². The van der Waals surface area contributed by atoms with Crippen LogP contribution in [0.15, 0.2) is 12.7 Å². The van der Waals surface area contributed by atoms with Crippen LogP contribution in [0.2, 0.25) is 0 Å². The maximum Gasteiger partial charge on any atom is 0.329 e. The summed E-state index contributed by atoms with van der Waals surface area (Å²) in [6, 6.07) is 0. The highest BCUT2D eigenvalue weighted by Crippen LogP contribution is 2.13. The van der Waals surface area contributed by atoms with E-state index in [1.807, 2.05) is 0 Å². The van der Waals surface area contributed by atoms with Crippen LogP contribution in [0, 0.1) is 0 Å². The van der Waals surface area contributed by atoms with E-state index in [1.54, 1.807) is 0 Å². The second kappa shape index (κ2) is 5.39. The van der Waals surface area contributed by atoms with Gasteiger partial charge in [-0.3, -0.25) is 4.79 Å². The summed E-state index contributed by atoms with van der Waals surface area (Å²) >= 11 is 0. The van der Waals surface area contributed by atoms with Gasteiger partial charge in [-0.05, 0) is 6.42 Å². The Labute approximate surface area is 82.9 Å². The number of carbonyl (C=O) groups excluding carboxylic acids is 2. The molecule has 80 valence electrons. The van der Waals surface area contributed by atoms with Gasteiger partial charge >= 0.3 is 11.9 Å². The van der Waals surface area contributed by atoms with Gasteiger partial charge in [-0.2, -0.15) is 0 Å². The molecule has 0 aromatic rings. The topological polar surface area (TPSA) is 78.6 Å². The van der Waals surface area contributed by atoms with Gasteiger partial charge in [0.1, 0.15) is 5.54 Å². The second-order valence-corrected chi connectivity index (χ2v) is 2.81. The van der Waals surface area contributed by atoms with E-state index in [2.05, 4.69) is 16.1 Å². The Bertz CT molecular complexity index is 239. The zero-order valence-corrected chi connectivity index (χ0v) is 8.41. The molecule has 2 N–H and O–H groups in total. The molecule has 5 heteroatoms. The standard InChI is InChI=1S/C9H15NO4/c1-4-9(10,8(12)14-3)6-5-7(11)13-2/h4H,1,5-6,10H2,2-3H3. The Morgan fingerprint density at radius 3 is 2.36 bits per heavy atom. The normalized spacial score (nSPS) is 13.9. The number of hydrogen-bond acceptors (Lipinski definition) is 5. The number of hydrogen-bond donors (Lipinski definition) is 1. The van der Waals surface area contributed by atoms with Crippen molar-refractivity contribution >= 4 is 11.9 Å². The maximum atomic E-state index is 11.2. The number of methoxy groups -OCH3 is 2. The van der Waals surface area contributed by atoms with Gasteiger partial charge in [0.2, 0.25) is 0 Å². The molecule has 0 spiro atoms. The first kappa shape index (κ1) is 12.6. The lowest BCUT2D eigenvalue weighted by atomic mass is 9.95. The molecule has 0 saturated carbocycles. The van der Waals surface area contributed by atoms with Gasteiger partial charge in [0.25, 0.3) is 0 Å². The number of nitrogens with two attached hydrogens (primary N) is 1. The molecule has 0 rings (SSSR count). The van der Waals surface area contributed by atoms with Gasteiger partial charge in [-0.1, -0.05) is 6.08 Å². The summed E-state index contributed by atoms with van der Waals surface area (Å²) < 4.78 is 8.91. The van der Waals surface area contributed by atoms with Crippen molar-refractivity contribution in [2.75, 3.05) is 14.2 Å². The predicted molar refractivity (Wildman–Crippen MR) is 50.4 cm³/mol. The van der Waals surface area contributed by atoms with Crippen molar-refractivity contribution < 1.29 is 19.1 Å². The Morgan fingerprint density at radius 1 is 1.43 bits per heavy atom. The molecule has 1 atom stereocenters. The van der Waals surface area contributed by atoms with Crippen LogP contribution in [0.4, 0.5) is 0 Å². The molecule has 0 aliphatic heterocycles. The maximum absolute atomic E-state index is 11.2. The fraction of sp³-hybridized carbons (Fsp3) is 0.556. The van der Waals surface area contributed by atoms with Gasteiger partial charge in [0, 0.05) is 6.42 Å². The SMILES string of the molecule is C=CC(N)(CCC(=O)OC)C(=O)OC. The Hall–Kier alpha value is -1.36. The van der Waals surface area contributed by atoms with Crippen LogP contribution < -0.4 is 5.73 Å². The highest BCUT2D eigenvalue weighted by atomic mass is 16.5. The average molecular weight is 201 g/mol. The van der Waals surface area contributed by atoms with Crippen molar-refractivity contribution in [3.05, 3.63) is 12.7 Å². The summed E-state index contributed by atoms with van der Waals surface area (Å²) in [5.41, 5.74) is 4.34. The minimum atomic E-state index is -1.32. The van der Waals surface area contributed by atoms with E-state index in [9.17, 15) is 9.59 Å². The molecule has 0 bridgehead atoms. The van der Waals surface area contributed by atoms with Crippen LogP contribution >= 0.6 is 0 Å². The fourth-order valence-electron chi connectivity index (χ4n) is 0.888. The number of carbonyl (C=O) groups is 2. The highest BCUT2D eigenvalue weighted by molar-refractivity contribution is 5.83. The molecule has 0 aliphatic rings. The first-order valence-corrected chi connectivity index (χ1v) is 4.08. The first-order chi connectivity index (χ1) is 6.50.